The summed E-state index contributed by atoms with van der Waals surface area (Å²) in [6.07, 6.45) is -0.225. The Bertz CT molecular complexity index is 881. The van der Waals surface area contributed by atoms with Crippen molar-refractivity contribution in [1.82, 2.24) is 0 Å². The number of rotatable bonds is 4. The number of carbonyl (C=O) groups excluding carboxylic acids is 2. The number of fused-ring (bicyclic) bond motifs is 2. The van der Waals surface area contributed by atoms with E-state index in [1.807, 2.05) is 0 Å². The molecule has 0 bridgehead atoms. The molecule has 0 radical (unpaired) electrons. The Kier molecular flexibility index (Phi) is 3.81. The first-order valence-corrected chi connectivity index (χ1v) is 7.17. The summed E-state index contributed by atoms with van der Waals surface area (Å²) >= 11 is 0. The normalized spacial score (nSPS) is 12.4. The van der Waals surface area contributed by atoms with Gasteiger partial charge in [0.15, 0.2) is 11.6 Å². The second-order valence-electron chi connectivity index (χ2n) is 5.33. The Balaban J connectivity index is 2.24. The monoisotopic (exact) mass is 326 g/mol. The lowest BCUT2D eigenvalue weighted by Crippen LogP contribution is -2.23. The minimum Gasteiger partial charge on any atom is -0.496 e. The highest BCUT2D eigenvalue weighted by molar-refractivity contribution is 6.30. The van der Waals surface area contributed by atoms with Crippen molar-refractivity contribution in [3.05, 3.63) is 58.1 Å². The van der Waals surface area contributed by atoms with E-state index in [-0.39, 0.29) is 46.0 Å². The average molecular weight is 326 g/mol. The Hall–Kier alpha value is -3.15. The van der Waals surface area contributed by atoms with Gasteiger partial charge < -0.3 is 14.6 Å². The number of aliphatic carboxylic acids is 1. The van der Waals surface area contributed by atoms with Crippen molar-refractivity contribution in [2.45, 2.75) is 6.42 Å². The third kappa shape index (κ3) is 2.32. The van der Waals surface area contributed by atoms with Crippen LogP contribution in [0.2, 0.25) is 0 Å². The Morgan fingerprint density at radius 3 is 1.96 bits per heavy atom. The lowest BCUT2D eigenvalue weighted by molar-refractivity contribution is -0.136. The predicted molar refractivity (Wildman–Crippen MR) is 84.2 cm³/mol. The van der Waals surface area contributed by atoms with Gasteiger partial charge in [-0.2, -0.15) is 0 Å². The van der Waals surface area contributed by atoms with Gasteiger partial charge in [0.05, 0.1) is 31.8 Å². The number of hydrogen-bond acceptors (Lipinski definition) is 5. The summed E-state index contributed by atoms with van der Waals surface area (Å²) in [5, 5.41) is 8.91. The Morgan fingerprint density at radius 2 is 1.46 bits per heavy atom. The highest BCUT2D eigenvalue weighted by Gasteiger charge is 2.35. The van der Waals surface area contributed by atoms with Crippen molar-refractivity contribution in [3.8, 4) is 11.5 Å². The fourth-order valence-corrected chi connectivity index (χ4v) is 2.89. The van der Waals surface area contributed by atoms with Crippen molar-refractivity contribution in [2.75, 3.05) is 14.2 Å². The van der Waals surface area contributed by atoms with Crippen LogP contribution in [0.15, 0.2) is 30.3 Å². The van der Waals surface area contributed by atoms with Crippen LogP contribution < -0.4 is 9.47 Å². The molecule has 1 aliphatic rings. The van der Waals surface area contributed by atoms with E-state index in [0.29, 0.717) is 11.3 Å². The maximum absolute atomic E-state index is 12.9. The molecule has 0 amide bonds. The van der Waals surface area contributed by atoms with Crippen molar-refractivity contribution >= 4 is 17.5 Å². The number of hydrogen-bond donors (Lipinski definition) is 1. The molecule has 0 heterocycles. The molecular weight excluding hydrogens is 312 g/mol. The third-order valence-electron chi connectivity index (χ3n) is 3.95. The molecule has 0 atom stereocenters. The van der Waals surface area contributed by atoms with Crippen LogP contribution in [-0.4, -0.2) is 36.9 Å². The molecule has 0 unspecified atom stereocenters. The molecule has 0 aromatic heterocycles. The van der Waals surface area contributed by atoms with E-state index < -0.39 is 5.97 Å². The molecular formula is C18H14O6. The van der Waals surface area contributed by atoms with E-state index in [1.165, 1.54) is 32.4 Å². The molecule has 0 spiro atoms. The van der Waals surface area contributed by atoms with Gasteiger partial charge in [-0.05, 0) is 29.8 Å². The summed E-state index contributed by atoms with van der Waals surface area (Å²) in [7, 11) is 2.83. The largest absolute Gasteiger partial charge is 0.496 e. The highest BCUT2D eigenvalue weighted by Crippen LogP contribution is 2.38. The number of ketones is 2. The van der Waals surface area contributed by atoms with Gasteiger partial charge in [-0.25, -0.2) is 0 Å². The molecule has 0 saturated heterocycles. The fourth-order valence-electron chi connectivity index (χ4n) is 2.89. The number of methoxy groups -OCH3 is 2. The predicted octanol–water partition coefficient (Wildman–Crippen LogP) is 2.11. The van der Waals surface area contributed by atoms with Crippen molar-refractivity contribution in [1.29, 1.82) is 0 Å². The van der Waals surface area contributed by atoms with E-state index in [4.69, 9.17) is 14.6 Å². The van der Waals surface area contributed by atoms with E-state index in [0.717, 1.165) is 0 Å². The van der Waals surface area contributed by atoms with Crippen LogP contribution in [0.4, 0.5) is 0 Å². The van der Waals surface area contributed by atoms with Gasteiger partial charge in [0, 0.05) is 11.1 Å². The van der Waals surface area contributed by atoms with Crippen molar-refractivity contribution < 1.29 is 29.0 Å². The SMILES string of the molecule is COc1ccc(OC)c2c1C(=O)c1ccc(CC(=O)O)cc1C2=O. The van der Waals surface area contributed by atoms with Gasteiger partial charge in [0.1, 0.15) is 11.5 Å². The molecule has 1 aliphatic carbocycles. The average Bonchev–Trinajstić information content (AvgIpc) is 2.57. The topological polar surface area (TPSA) is 89.9 Å². The summed E-state index contributed by atoms with van der Waals surface area (Å²) in [4.78, 5) is 36.6. The second-order valence-corrected chi connectivity index (χ2v) is 5.33. The van der Waals surface area contributed by atoms with Crippen LogP contribution in [0.5, 0.6) is 11.5 Å². The number of carbonyl (C=O) groups is 3. The first-order valence-electron chi connectivity index (χ1n) is 7.17. The maximum atomic E-state index is 12.9. The minimum absolute atomic E-state index is 0.141. The van der Waals surface area contributed by atoms with Crippen molar-refractivity contribution in [3.63, 3.8) is 0 Å². The smallest absolute Gasteiger partial charge is 0.307 e. The molecule has 3 rings (SSSR count). The zero-order chi connectivity index (χ0) is 17.4. The van der Waals surface area contributed by atoms with Crippen LogP contribution >= 0.6 is 0 Å². The number of carboxylic acids is 1. The Labute approximate surface area is 137 Å². The molecule has 24 heavy (non-hydrogen) atoms. The summed E-state index contributed by atoms with van der Waals surface area (Å²) in [5.74, 6) is -1.17. The minimum atomic E-state index is -1.01. The standard InChI is InChI=1S/C18H14O6/c1-23-12-5-6-13(24-2)16-15(12)17(21)10-4-3-9(8-14(19)20)7-11(10)18(16)22/h3-7H,8H2,1-2H3,(H,19,20). The molecule has 122 valence electrons. The first-order chi connectivity index (χ1) is 11.5. The van der Waals surface area contributed by atoms with Crippen LogP contribution in [0.25, 0.3) is 0 Å². The third-order valence-corrected chi connectivity index (χ3v) is 3.95. The van der Waals surface area contributed by atoms with Gasteiger partial charge in [0.2, 0.25) is 0 Å². The van der Waals surface area contributed by atoms with Crippen LogP contribution in [0.1, 0.15) is 37.4 Å². The van der Waals surface area contributed by atoms with Gasteiger partial charge in [0.25, 0.3) is 0 Å². The van der Waals surface area contributed by atoms with Gasteiger partial charge in [-0.1, -0.05) is 6.07 Å². The molecule has 0 aliphatic heterocycles. The summed E-state index contributed by atoms with van der Waals surface area (Å²) < 4.78 is 10.4. The molecule has 6 nitrogen and oxygen atoms in total. The van der Waals surface area contributed by atoms with Gasteiger partial charge in [-0.15, -0.1) is 0 Å². The summed E-state index contributed by atoms with van der Waals surface area (Å²) in [6.45, 7) is 0. The Morgan fingerprint density at radius 1 is 0.917 bits per heavy atom. The molecule has 2 aromatic rings. The van der Waals surface area contributed by atoms with Gasteiger partial charge >= 0.3 is 5.97 Å². The van der Waals surface area contributed by atoms with E-state index >= 15 is 0 Å². The lowest BCUT2D eigenvalue weighted by Gasteiger charge is -2.22. The lowest BCUT2D eigenvalue weighted by atomic mass is 9.82. The van der Waals surface area contributed by atoms with Crippen molar-refractivity contribution in [2.24, 2.45) is 0 Å². The van der Waals surface area contributed by atoms with E-state index in [9.17, 15) is 14.4 Å². The first kappa shape index (κ1) is 15.7. The molecule has 1 N–H and O–H groups in total. The number of ether oxygens (including phenoxy) is 2. The highest BCUT2D eigenvalue weighted by atomic mass is 16.5. The molecule has 0 saturated carbocycles. The summed E-state index contributed by atoms with van der Waals surface area (Å²) in [5.41, 5.74) is 1.17. The van der Waals surface area contributed by atoms with Gasteiger partial charge in [-0.3, -0.25) is 14.4 Å². The quantitative estimate of drug-likeness (QED) is 0.790. The summed E-state index contributed by atoms with van der Waals surface area (Å²) in [6, 6.07) is 7.61. The zero-order valence-corrected chi connectivity index (χ0v) is 13.1. The van der Waals surface area contributed by atoms with Crippen LogP contribution in [0, 0.1) is 0 Å². The van der Waals surface area contributed by atoms with E-state index in [2.05, 4.69) is 0 Å². The number of carboxylic acid groups (broad SMARTS) is 1. The fraction of sp³-hybridized carbons (Fsp3) is 0.167. The maximum Gasteiger partial charge on any atom is 0.307 e. The molecule has 0 fully saturated rings. The number of benzene rings is 2. The van der Waals surface area contributed by atoms with Crippen LogP contribution in [0.3, 0.4) is 0 Å². The zero-order valence-electron chi connectivity index (χ0n) is 13.1. The van der Waals surface area contributed by atoms with Crippen LogP contribution in [-0.2, 0) is 11.2 Å². The second kappa shape index (κ2) is 5.81. The molecule has 6 heteroatoms. The van der Waals surface area contributed by atoms with E-state index in [1.54, 1.807) is 12.1 Å². The molecule has 2 aromatic carbocycles.